The molecule has 0 spiro atoms. The lowest BCUT2D eigenvalue weighted by Gasteiger charge is -2.23. The Bertz CT molecular complexity index is 555. The molecule has 2 aromatic rings. The van der Waals surface area contributed by atoms with Crippen molar-refractivity contribution in [3.8, 4) is 0 Å². The number of hydrogen-bond donors (Lipinski definition) is 1. The van der Waals surface area contributed by atoms with Crippen LogP contribution in [0.2, 0.25) is 0 Å². The highest BCUT2D eigenvalue weighted by molar-refractivity contribution is 5.82. The quantitative estimate of drug-likeness (QED) is 0.915. The van der Waals surface area contributed by atoms with Crippen molar-refractivity contribution in [2.45, 2.75) is 44.8 Å². The van der Waals surface area contributed by atoms with E-state index in [0.29, 0.717) is 12.6 Å². The molecule has 1 aromatic carbocycles. The van der Waals surface area contributed by atoms with E-state index in [1.807, 2.05) is 18.2 Å². The zero-order chi connectivity index (χ0) is 13.2. The second kappa shape index (κ2) is 5.35. The van der Waals surface area contributed by atoms with Crippen LogP contribution in [0.5, 0.6) is 0 Å². The summed E-state index contributed by atoms with van der Waals surface area (Å²) in [6.07, 6.45) is 5.35. The third-order valence-electron chi connectivity index (χ3n) is 4.33. The first kappa shape index (κ1) is 12.7. The van der Waals surface area contributed by atoms with Crippen LogP contribution in [-0.2, 0) is 13.1 Å². The molecule has 3 rings (SSSR count). The minimum atomic E-state index is 0.546. The Morgan fingerprint density at radius 1 is 1.26 bits per heavy atom. The Labute approximate surface area is 114 Å². The van der Waals surface area contributed by atoms with E-state index in [-0.39, 0.29) is 0 Å². The highest BCUT2D eigenvalue weighted by Crippen LogP contribution is 2.29. The van der Waals surface area contributed by atoms with Crippen molar-refractivity contribution in [1.29, 1.82) is 0 Å². The standard InChI is InChI=1S/C16H22N2O/c1-18(12-6-2-3-7-12)11-16-14(10-17)13-8-4-5-9-15(13)19-16/h4-5,8-9,12H,2-3,6-7,10-11,17H2,1H3. The fraction of sp³-hybridized carbons (Fsp3) is 0.500. The largest absolute Gasteiger partial charge is 0.459 e. The van der Waals surface area contributed by atoms with Crippen molar-refractivity contribution >= 4 is 11.0 Å². The van der Waals surface area contributed by atoms with Gasteiger partial charge in [-0.3, -0.25) is 4.90 Å². The molecule has 0 bridgehead atoms. The molecule has 0 radical (unpaired) electrons. The van der Waals surface area contributed by atoms with E-state index in [9.17, 15) is 0 Å². The minimum absolute atomic E-state index is 0.546. The van der Waals surface area contributed by atoms with Gasteiger partial charge in [0.15, 0.2) is 0 Å². The van der Waals surface area contributed by atoms with Crippen molar-refractivity contribution in [2.75, 3.05) is 7.05 Å². The molecule has 3 heteroatoms. The van der Waals surface area contributed by atoms with Crippen LogP contribution >= 0.6 is 0 Å². The lowest BCUT2D eigenvalue weighted by Crippen LogP contribution is -2.28. The number of nitrogens with two attached hydrogens (primary N) is 1. The highest BCUT2D eigenvalue weighted by Gasteiger charge is 2.22. The van der Waals surface area contributed by atoms with Crippen LogP contribution in [0.1, 0.15) is 37.0 Å². The summed E-state index contributed by atoms with van der Waals surface area (Å²) in [4.78, 5) is 2.42. The molecule has 1 aliphatic carbocycles. The fourth-order valence-electron chi connectivity index (χ4n) is 3.20. The van der Waals surface area contributed by atoms with Gasteiger partial charge in [-0.1, -0.05) is 31.0 Å². The second-order valence-corrected chi connectivity index (χ2v) is 5.56. The van der Waals surface area contributed by atoms with E-state index in [2.05, 4.69) is 18.0 Å². The van der Waals surface area contributed by atoms with Crippen molar-refractivity contribution in [1.82, 2.24) is 4.90 Å². The molecule has 2 N–H and O–H groups in total. The van der Waals surface area contributed by atoms with Crippen molar-refractivity contribution in [3.05, 3.63) is 35.6 Å². The van der Waals surface area contributed by atoms with E-state index in [0.717, 1.165) is 17.9 Å². The molecule has 1 aromatic heterocycles. The van der Waals surface area contributed by atoms with Crippen LogP contribution in [0.3, 0.4) is 0 Å². The molecule has 19 heavy (non-hydrogen) atoms. The van der Waals surface area contributed by atoms with Gasteiger partial charge in [0.25, 0.3) is 0 Å². The van der Waals surface area contributed by atoms with Gasteiger partial charge in [0.2, 0.25) is 0 Å². The SMILES string of the molecule is CN(Cc1oc2ccccc2c1CN)C1CCCC1. The number of para-hydroxylation sites is 1. The first-order chi connectivity index (χ1) is 9.29. The van der Waals surface area contributed by atoms with E-state index >= 15 is 0 Å². The summed E-state index contributed by atoms with van der Waals surface area (Å²) in [7, 11) is 2.20. The van der Waals surface area contributed by atoms with Crippen LogP contribution < -0.4 is 5.73 Å². The predicted octanol–water partition coefficient (Wildman–Crippen LogP) is 3.27. The number of fused-ring (bicyclic) bond motifs is 1. The highest BCUT2D eigenvalue weighted by atomic mass is 16.3. The molecule has 1 fully saturated rings. The van der Waals surface area contributed by atoms with Crippen molar-refractivity contribution < 1.29 is 4.42 Å². The van der Waals surface area contributed by atoms with Crippen molar-refractivity contribution in [3.63, 3.8) is 0 Å². The molecule has 0 unspecified atom stereocenters. The molecule has 1 saturated carbocycles. The normalized spacial score (nSPS) is 16.8. The lowest BCUT2D eigenvalue weighted by molar-refractivity contribution is 0.220. The smallest absolute Gasteiger partial charge is 0.134 e. The zero-order valence-corrected chi connectivity index (χ0v) is 11.6. The molecule has 0 aliphatic heterocycles. The van der Waals surface area contributed by atoms with Crippen LogP contribution in [-0.4, -0.2) is 18.0 Å². The Morgan fingerprint density at radius 3 is 2.74 bits per heavy atom. The Hall–Kier alpha value is -1.32. The number of hydrogen-bond acceptors (Lipinski definition) is 3. The molecule has 0 amide bonds. The monoisotopic (exact) mass is 258 g/mol. The van der Waals surface area contributed by atoms with E-state index < -0.39 is 0 Å². The second-order valence-electron chi connectivity index (χ2n) is 5.56. The van der Waals surface area contributed by atoms with Crippen LogP contribution in [0, 0.1) is 0 Å². The Morgan fingerprint density at radius 2 is 2.00 bits per heavy atom. The molecule has 0 atom stereocenters. The fourth-order valence-corrected chi connectivity index (χ4v) is 3.20. The van der Waals surface area contributed by atoms with E-state index in [1.54, 1.807) is 0 Å². The zero-order valence-electron chi connectivity index (χ0n) is 11.6. The summed E-state index contributed by atoms with van der Waals surface area (Å²) in [5, 5.41) is 1.17. The van der Waals surface area contributed by atoms with Gasteiger partial charge < -0.3 is 10.2 Å². The molecular formula is C16H22N2O. The molecule has 0 saturated heterocycles. The molecule has 3 nitrogen and oxygen atoms in total. The van der Waals surface area contributed by atoms with Gasteiger partial charge in [-0.15, -0.1) is 0 Å². The summed E-state index contributed by atoms with van der Waals surface area (Å²) in [6, 6.07) is 8.88. The summed E-state index contributed by atoms with van der Waals surface area (Å²) in [5.74, 6) is 1.04. The Balaban J connectivity index is 1.87. The number of nitrogens with zero attached hydrogens (tertiary/aromatic N) is 1. The maximum atomic E-state index is 6.00. The average Bonchev–Trinajstić information content (AvgIpc) is 3.05. The van der Waals surface area contributed by atoms with Crippen LogP contribution in [0.25, 0.3) is 11.0 Å². The van der Waals surface area contributed by atoms with Gasteiger partial charge in [-0.2, -0.15) is 0 Å². The van der Waals surface area contributed by atoms with Crippen molar-refractivity contribution in [2.24, 2.45) is 5.73 Å². The first-order valence-corrected chi connectivity index (χ1v) is 7.19. The van der Waals surface area contributed by atoms with Gasteiger partial charge in [0, 0.05) is 23.5 Å². The summed E-state index contributed by atoms with van der Waals surface area (Å²) < 4.78 is 6.00. The molecule has 1 aliphatic rings. The number of furan rings is 1. The summed E-state index contributed by atoms with van der Waals surface area (Å²) in [5.41, 5.74) is 8.04. The summed E-state index contributed by atoms with van der Waals surface area (Å²) in [6.45, 7) is 1.41. The maximum absolute atomic E-state index is 6.00. The lowest BCUT2D eigenvalue weighted by atomic mass is 10.1. The molecular weight excluding hydrogens is 236 g/mol. The van der Waals surface area contributed by atoms with Crippen LogP contribution in [0.15, 0.2) is 28.7 Å². The minimum Gasteiger partial charge on any atom is -0.459 e. The third kappa shape index (κ3) is 2.40. The molecule has 1 heterocycles. The third-order valence-corrected chi connectivity index (χ3v) is 4.33. The van der Waals surface area contributed by atoms with E-state index in [1.165, 1.54) is 36.6 Å². The molecule has 102 valence electrons. The van der Waals surface area contributed by atoms with Gasteiger partial charge in [0.1, 0.15) is 11.3 Å². The number of benzene rings is 1. The first-order valence-electron chi connectivity index (χ1n) is 7.19. The van der Waals surface area contributed by atoms with Gasteiger partial charge in [-0.25, -0.2) is 0 Å². The maximum Gasteiger partial charge on any atom is 0.134 e. The summed E-state index contributed by atoms with van der Waals surface area (Å²) >= 11 is 0. The average molecular weight is 258 g/mol. The van der Waals surface area contributed by atoms with E-state index in [4.69, 9.17) is 10.2 Å². The predicted molar refractivity (Wildman–Crippen MR) is 77.8 cm³/mol. The van der Waals surface area contributed by atoms with Gasteiger partial charge in [-0.05, 0) is 26.0 Å². The van der Waals surface area contributed by atoms with Gasteiger partial charge in [0.05, 0.1) is 6.54 Å². The van der Waals surface area contributed by atoms with Gasteiger partial charge >= 0.3 is 0 Å². The van der Waals surface area contributed by atoms with Crippen LogP contribution in [0.4, 0.5) is 0 Å². The number of rotatable bonds is 4. The topological polar surface area (TPSA) is 42.4 Å². The Kier molecular flexibility index (Phi) is 3.58.